The number of carbonyl (C=O) groups excluding carboxylic acids is 2. The Hall–Kier alpha value is -5.88. The minimum absolute atomic E-state index is 0.00113. The predicted molar refractivity (Wildman–Crippen MR) is 249 cm³/mol. The van der Waals surface area contributed by atoms with Gasteiger partial charge in [0, 0.05) is 58.3 Å². The SMILES string of the molecule is C=CCOc1c(C)c2c(c3c1CC1[C@@H]4c5c(cc(C)c(OC)c5O)C[C@@H]([C@H](C#N)N1[C@H]3CNC(=O)[C@H](CSCC1c3ccccc3-c3ccccc31)NC(=O)OC(C)(C)C)N4C)OCO2. The Balaban J connectivity index is 1.08. The van der Waals surface area contributed by atoms with Crippen LogP contribution in [0.4, 0.5) is 4.79 Å². The van der Waals surface area contributed by atoms with Gasteiger partial charge in [-0.1, -0.05) is 67.3 Å². The number of piperazine rings is 1. The third-order valence-electron chi connectivity index (χ3n) is 13.6. The second-order valence-corrected chi connectivity index (χ2v) is 19.6. The number of hydrogen-bond donors (Lipinski definition) is 3. The van der Waals surface area contributed by atoms with Crippen molar-refractivity contribution in [1.29, 1.82) is 5.26 Å². The quantitative estimate of drug-likeness (QED) is 0.120. The summed E-state index contributed by atoms with van der Waals surface area (Å²) in [6.07, 6.45) is 1.95. The number of alkyl carbamates (subject to hydrolysis) is 1. The molecular weight excluding hydrogens is 843 g/mol. The van der Waals surface area contributed by atoms with Crippen molar-refractivity contribution in [2.45, 2.75) is 95.2 Å². The summed E-state index contributed by atoms with van der Waals surface area (Å²) in [7, 11) is 3.58. The summed E-state index contributed by atoms with van der Waals surface area (Å²) in [6.45, 7) is 13.4. The van der Waals surface area contributed by atoms with E-state index in [1.54, 1.807) is 45.7 Å². The number of thioether (sulfide) groups is 1. The van der Waals surface area contributed by atoms with Gasteiger partial charge in [-0.2, -0.15) is 17.0 Å². The molecule has 0 aromatic heterocycles. The number of nitrogens with zero attached hydrogens (tertiary/aromatic N) is 3. The Bertz CT molecular complexity index is 2560. The lowest BCUT2D eigenvalue weighted by Gasteiger charge is -2.60. The van der Waals surface area contributed by atoms with Gasteiger partial charge in [-0.3, -0.25) is 14.6 Å². The summed E-state index contributed by atoms with van der Waals surface area (Å²) < 4.78 is 30.3. The first-order valence-electron chi connectivity index (χ1n) is 22.3. The average Bonchev–Trinajstić information content (AvgIpc) is 3.89. The van der Waals surface area contributed by atoms with Crippen molar-refractivity contribution in [2.24, 2.45) is 0 Å². The highest BCUT2D eigenvalue weighted by atomic mass is 32.2. The third-order valence-corrected chi connectivity index (χ3v) is 14.8. The number of aromatic hydroxyl groups is 1. The van der Waals surface area contributed by atoms with Crippen molar-refractivity contribution in [2.75, 3.05) is 45.6 Å². The summed E-state index contributed by atoms with van der Waals surface area (Å²) in [6, 6.07) is 18.4. The molecule has 3 N–H and O–H groups in total. The average molecular weight is 900 g/mol. The normalized spacial score (nSPS) is 22.0. The van der Waals surface area contributed by atoms with Crippen molar-refractivity contribution < 1.29 is 38.4 Å². The standard InChI is InChI=1S/C51H57N5O8S/c1-9-18-61-46-28(3)47-48(63-26-62-47)42-34(46)21-38-43-41-29(19-27(2)45(60-8)44(41)57)20-37(55(43)7)39(22-52)56(38)40(42)23-53-49(58)36(54-50(59)64-51(4,5)6)25-65-24-35-32-16-12-10-14-30(32)31-15-11-13-17-33(31)35/h9-17,19,35-40,43,57H,1,18,20-21,23-26H2,2-8H3,(H,53,58)(H,54,59)/t36-,37-,38?,39-,40-,43+/m0/s1. The van der Waals surface area contributed by atoms with Crippen LogP contribution in [-0.4, -0.2) is 102 Å². The maximum Gasteiger partial charge on any atom is 0.408 e. The number of rotatable bonds is 12. The number of amides is 2. The molecule has 1 saturated heterocycles. The number of hydrogen-bond acceptors (Lipinski definition) is 12. The van der Waals surface area contributed by atoms with Gasteiger partial charge in [-0.25, -0.2) is 4.79 Å². The highest BCUT2D eigenvalue weighted by Gasteiger charge is 2.57. The molecule has 340 valence electrons. The smallest absolute Gasteiger partial charge is 0.408 e. The fourth-order valence-corrected chi connectivity index (χ4v) is 12.3. The molecule has 2 amide bonds. The molecule has 4 aromatic rings. The van der Waals surface area contributed by atoms with Gasteiger partial charge in [0.1, 0.15) is 30.0 Å². The highest BCUT2D eigenvalue weighted by molar-refractivity contribution is 7.99. The first kappa shape index (κ1) is 44.3. The van der Waals surface area contributed by atoms with Gasteiger partial charge in [0.05, 0.1) is 25.3 Å². The second kappa shape index (κ2) is 17.5. The van der Waals surface area contributed by atoms with Gasteiger partial charge in [-0.05, 0) is 87.9 Å². The van der Waals surface area contributed by atoms with Crippen LogP contribution >= 0.6 is 11.8 Å². The Morgan fingerprint density at radius 2 is 1.72 bits per heavy atom. The summed E-state index contributed by atoms with van der Waals surface area (Å²) in [5, 5.41) is 29.3. The van der Waals surface area contributed by atoms with E-state index in [1.165, 1.54) is 22.3 Å². The predicted octanol–water partition coefficient (Wildman–Crippen LogP) is 7.64. The first-order chi connectivity index (χ1) is 31.3. The number of ether oxygens (including phenoxy) is 5. The maximum absolute atomic E-state index is 14.8. The van der Waals surface area contributed by atoms with Crippen LogP contribution in [-0.2, 0) is 22.4 Å². The summed E-state index contributed by atoms with van der Waals surface area (Å²) >= 11 is 1.60. The van der Waals surface area contributed by atoms with E-state index in [4.69, 9.17) is 23.7 Å². The molecule has 4 aromatic carbocycles. The van der Waals surface area contributed by atoms with Gasteiger partial charge >= 0.3 is 6.09 Å². The number of nitriles is 1. The van der Waals surface area contributed by atoms with E-state index in [-0.39, 0.29) is 55.5 Å². The summed E-state index contributed by atoms with van der Waals surface area (Å²) in [4.78, 5) is 32.6. The minimum atomic E-state index is -0.964. The van der Waals surface area contributed by atoms with Crippen molar-refractivity contribution in [3.05, 3.63) is 112 Å². The van der Waals surface area contributed by atoms with Crippen LogP contribution in [0.2, 0.25) is 0 Å². The minimum Gasteiger partial charge on any atom is -0.504 e. The van der Waals surface area contributed by atoms with E-state index in [1.807, 2.05) is 20.9 Å². The topological polar surface area (TPSA) is 155 Å². The molecule has 5 aliphatic rings. The van der Waals surface area contributed by atoms with E-state index >= 15 is 0 Å². The molecule has 14 heteroatoms. The monoisotopic (exact) mass is 899 g/mol. The number of benzene rings is 4. The molecule has 4 heterocycles. The van der Waals surface area contributed by atoms with E-state index in [0.717, 1.165) is 33.4 Å². The molecule has 1 fully saturated rings. The molecule has 1 aliphatic carbocycles. The summed E-state index contributed by atoms with van der Waals surface area (Å²) in [5.74, 6) is 2.94. The van der Waals surface area contributed by atoms with Crippen molar-refractivity contribution in [3.8, 4) is 45.9 Å². The van der Waals surface area contributed by atoms with Crippen molar-refractivity contribution in [3.63, 3.8) is 0 Å². The first-order valence-corrected chi connectivity index (χ1v) is 23.4. The van der Waals surface area contributed by atoms with Gasteiger partial charge in [-0.15, -0.1) is 0 Å². The number of likely N-dealkylation sites (N-methyl/N-ethyl adjacent to an activating group) is 1. The zero-order valence-electron chi connectivity index (χ0n) is 38.0. The van der Waals surface area contributed by atoms with Gasteiger partial charge in [0.25, 0.3) is 0 Å². The zero-order chi connectivity index (χ0) is 45.9. The molecule has 6 atom stereocenters. The Labute approximate surface area is 385 Å². The van der Waals surface area contributed by atoms with Crippen LogP contribution in [0.25, 0.3) is 11.1 Å². The third kappa shape index (κ3) is 7.71. The number of aryl methyl sites for hydroxylation is 1. The maximum atomic E-state index is 14.8. The fraction of sp³-hybridized carbons (Fsp3) is 0.431. The van der Waals surface area contributed by atoms with Crippen LogP contribution in [0.15, 0.2) is 67.3 Å². The molecule has 65 heavy (non-hydrogen) atoms. The molecule has 1 unspecified atom stereocenters. The molecule has 13 nitrogen and oxygen atoms in total. The van der Waals surface area contributed by atoms with Gasteiger partial charge in [0.2, 0.25) is 12.7 Å². The molecule has 9 rings (SSSR count). The second-order valence-electron chi connectivity index (χ2n) is 18.6. The van der Waals surface area contributed by atoms with E-state index in [2.05, 4.69) is 87.7 Å². The van der Waals surface area contributed by atoms with Crippen molar-refractivity contribution >= 4 is 23.8 Å². The zero-order valence-corrected chi connectivity index (χ0v) is 38.8. The van der Waals surface area contributed by atoms with Gasteiger partial charge in [0.15, 0.2) is 23.0 Å². The summed E-state index contributed by atoms with van der Waals surface area (Å²) in [5.41, 5.74) is 9.12. The molecule has 4 aliphatic heterocycles. The lowest BCUT2D eigenvalue weighted by Crippen LogP contribution is -2.69. The van der Waals surface area contributed by atoms with E-state index in [0.29, 0.717) is 41.6 Å². The van der Waals surface area contributed by atoms with E-state index < -0.39 is 35.7 Å². The number of carbonyl (C=O) groups is 2. The lowest BCUT2D eigenvalue weighted by atomic mass is 9.71. The number of fused-ring (bicyclic) bond motifs is 12. The van der Waals surface area contributed by atoms with Crippen LogP contribution in [0.5, 0.6) is 28.7 Å². The number of phenols is 1. The molecule has 0 spiro atoms. The van der Waals surface area contributed by atoms with Crippen LogP contribution in [0.1, 0.15) is 83.3 Å². The molecule has 2 bridgehead atoms. The van der Waals surface area contributed by atoms with Crippen molar-refractivity contribution in [1.82, 2.24) is 20.4 Å². The van der Waals surface area contributed by atoms with Gasteiger partial charge < -0.3 is 39.4 Å². The Kier molecular flexibility index (Phi) is 11.9. The van der Waals surface area contributed by atoms with E-state index in [9.17, 15) is 20.0 Å². The number of nitrogens with one attached hydrogen (secondary N) is 2. The Morgan fingerprint density at radius 3 is 2.38 bits per heavy atom. The molecule has 0 radical (unpaired) electrons. The van der Waals surface area contributed by atoms with Crippen LogP contribution < -0.4 is 29.6 Å². The fourth-order valence-electron chi connectivity index (χ4n) is 11.1. The highest BCUT2D eigenvalue weighted by Crippen LogP contribution is 2.58. The van der Waals surface area contributed by atoms with Crippen LogP contribution in [0, 0.1) is 25.2 Å². The number of phenolic OH excluding ortho intramolecular Hbond substituents is 1. The largest absolute Gasteiger partial charge is 0.504 e. The molecular formula is C51H57N5O8S. The molecule has 0 saturated carbocycles. The number of methoxy groups -OCH3 is 1. The Morgan fingerprint density at radius 1 is 1.03 bits per heavy atom. The lowest BCUT2D eigenvalue weighted by molar-refractivity contribution is -0.123. The van der Waals surface area contributed by atoms with Crippen LogP contribution in [0.3, 0.4) is 0 Å².